The Hall–Kier alpha value is -2.14. The van der Waals surface area contributed by atoms with Gasteiger partial charge >= 0.3 is 0 Å². The highest BCUT2D eigenvalue weighted by molar-refractivity contribution is 5.82. The van der Waals surface area contributed by atoms with Crippen LogP contribution < -0.4 is 0 Å². The molecule has 3 rings (SSSR count). The molecular formula is C19H24N2O3. The van der Waals surface area contributed by atoms with E-state index in [2.05, 4.69) is 0 Å². The van der Waals surface area contributed by atoms with Crippen LogP contribution in [0.15, 0.2) is 30.5 Å². The van der Waals surface area contributed by atoms with Crippen LogP contribution in [0.1, 0.15) is 43.4 Å². The molecule has 5 heteroatoms. The molecule has 2 heterocycles. The first-order valence-corrected chi connectivity index (χ1v) is 8.46. The molecule has 0 spiro atoms. The molecule has 1 fully saturated rings. The first-order chi connectivity index (χ1) is 11.6. The Bertz CT molecular complexity index is 648. The van der Waals surface area contributed by atoms with Crippen molar-refractivity contribution in [2.24, 2.45) is 0 Å². The van der Waals surface area contributed by atoms with E-state index in [1.807, 2.05) is 35.2 Å². The average molecular weight is 328 g/mol. The second kappa shape index (κ2) is 7.18. The van der Waals surface area contributed by atoms with E-state index in [4.69, 9.17) is 4.74 Å². The van der Waals surface area contributed by atoms with Crippen molar-refractivity contribution >= 4 is 17.9 Å². The Kier molecular flexibility index (Phi) is 5.00. The number of hydrogen-bond acceptors (Lipinski definition) is 3. The van der Waals surface area contributed by atoms with Gasteiger partial charge in [0, 0.05) is 33.3 Å². The van der Waals surface area contributed by atoms with E-state index < -0.39 is 0 Å². The van der Waals surface area contributed by atoms with Crippen LogP contribution >= 0.6 is 0 Å². The molecule has 24 heavy (non-hydrogen) atoms. The molecule has 0 radical (unpaired) electrons. The number of methoxy groups -OCH3 is 1. The summed E-state index contributed by atoms with van der Waals surface area (Å²) in [6.45, 7) is 2.99. The summed E-state index contributed by atoms with van der Waals surface area (Å²) in [5, 5.41) is 0. The lowest BCUT2D eigenvalue weighted by molar-refractivity contribution is -0.136. The SMILES string of the molecule is COC1CCN(C(=O)C[C@H]2c3ccccc3C=CN2C(C)=O)CC1. The fourth-order valence-corrected chi connectivity index (χ4v) is 3.55. The minimum absolute atomic E-state index is 0.0448. The molecule has 0 aliphatic carbocycles. The van der Waals surface area contributed by atoms with E-state index >= 15 is 0 Å². The van der Waals surface area contributed by atoms with Crippen LogP contribution in [0, 0.1) is 0 Å². The molecule has 0 N–H and O–H groups in total. The summed E-state index contributed by atoms with van der Waals surface area (Å²) in [5.41, 5.74) is 2.11. The van der Waals surface area contributed by atoms with Crippen molar-refractivity contribution in [1.82, 2.24) is 9.80 Å². The number of carbonyl (C=O) groups excluding carboxylic acids is 2. The summed E-state index contributed by atoms with van der Waals surface area (Å²) in [7, 11) is 1.72. The number of benzene rings is 1. The number of piperidine rings is 1. The van der Waals surface area contributed by atoms with Crippen LogP contribution in [0.2, 0.25) is 0 Å². The number of rotatable bonds is 3. The van der Waals surface area contributed by atoms with Gasteiger partial charge in [-0.1, -0.05) is 24.3 Å². The molecule has 2 aliphatic heterocycles. The lowest BCUT2D eigenvalue weighted by Gasteiger charge is -2.36. The van der Waals surface area contributed by atoms with E-state index in [0.29, 0.717) is 6.42 Å². The summed E-state index contributed by atoms with van der Waals surface area (Å²) < 4.78 is 5.36. The number of likely N-dealkylation sites (tertiary alicyclic amines) is 1. The molecule has 2 aliphatic rings. The van der Waals surface area contributed by atoms with Gasteiger partial charge in [-0.25, -0.2) is 0 Å². The lowest BCUT2D eigenvalue weighted by atomic mass is 9.93. The fraction of sp³-hybridized carbons (Fsp3) is 0.474. The molecule has 2 amide bonds. The Labute approximate surface area is 142 Å². The van der Waals surface area contributed by atoms with Gasteiger partial charge in [0.15, 0.2) is 0 Å². The smallest absolute Gasteiger partial charge is 0.225 e. The molecule has 0 aromatic heterocycles. The minimum atomic E-state index is -0.226. The van der Waals surface area contributed by atoms with E-state index in [-0.39, 0.29) is 24.0 Å². The lowest BCUT2D eigenvalue weighted by Crippen LogP contribution is -2.42. The first-order valence-electron chi connectivity index (χ1n) is 8.46. The molecule has 128 valence electrons. The molecule has 0 saturated carbocycles. The largest absolute Gasteiger partial charge is 0.381 e. The van der Waals surface area contributed by atoms with E-state index in [0.717, 1.165) is 37.1 Å². The van der Waals surface area contributed by atoms with Gasteiger partial charge in [-0.05, 0) is 30.0 Å². The normalized spacial score (nSPS) is 20.8. The molecule has 0 unspecified atom stereocenters. The number of fused-ring (bicyclic) bond motifs is 1. The third kappa shape index (κ3) is 3.36. The van der Waals surface area contributed by atoms with Crippen molar-refractivity contribution in [1.29, 1.82) is 0 Å². The molecule has 1 aromatic carbocycles. The third-order valence-corrected chi connectivity index (χ3v) is 4.97. The Morgan fingerprint density at radius 2 is 1.92 bits per heavy atom. The van der Waals surface area contributed by atoms with Crippen LogP contribution in [0.25, 0.3) is 6.08 Å². The number of ether oxygens (including phenoxy) is 1. The zero-order chi connectivity index (χ0) is 17.1. The Morgan fingerprint density at radius 1 is 1.21 bits per heavy atom. The standard InChI is InChI=1S/C19H24N2O3/c1-14(22)21-12-7-15-5-3-4-6-17(15)18(21)13-19(23)20-10-8-16(24-2)9-11-20/h3-7,12,16,18H,8-11,13H2,1-2H3/t18-/m0/s1. The zero-order valence-electron chi connectivity index (χ0n) is 14.3. The summed E-state index contributed by atoms with van der Waals surface area (Å²) in [6, 6.07) is 7.73. The highest BCUT2D eigenvalue weighted by Gasteiger charge is 2.31. The van der Waals surface area contributed by atoms with Crippen molar-refractivity contribution in [3.8, 4) is 0 Å². The van der Waals surface area contributed by atoms with Gasteiger partial charge in [0.05, 0.1) is 18.6 Å². The summed E-state index contributed by atoms with van der Waals surface area (Å²) >= 11 is 0. The van der Waals surface area contributed by atoms with Crippen molar-refractivity contribution in [2.45, 2.75) is 38.3 Å². The third-order valence-electron chi connectivity index (χ3n) is 4.97. The van der Waals surface area contributed by atoms with Gasteiger partial charge < -0.3 is 14.5 Å². The van der Waals surface area contributed by atoms with Gasteiger partial charge in [-0.3, -0.25) is 9.59 Å². The molecule has 1 aromatic rings. The molecule has 0 bridgehead atoms. The number of amides is 2. The molecular weight excluding hydrogens is 304 g/mol. The monoisotopic (exact) mass is 328 g/mol. The number of carbonyl (C=O) groups is 2. The summed E-state index contributed by atoms with van der Waals surface area (Å²) in [5.74, 6) is 0.0579. The molecule has 1 atom stereocenters. The average Bonchev–Trinajstić information content (AvgIpc) is 2.61. The van der Waals surface area contributed by atoms with Crippen LogP contribution in [0.5, 0.6) is 0 Å². The van der Waals surface area contributed by atoms with Gasteiger partial charge in [0.25, 0.3) is 0 Å². The first kappa shape index (κ1) is 16.7. The predicted octanol–water partition coefficient (Wildman–Crippen LogP) is 2.59. The highest BCUT2D eigenvalue weighted by atomic mass is 16.5. The quantitative estimate of drug-likeness (QED) is 0.857. The second-order valence-corrected chi connectivity index (χ2v) is 6.41. The molecule has 1 saturated heterocycles. The predicted molar refractivity (Wildman–Crippen MR) is 92.0 cm³/mol. The van der Waals surface area contributed by atoms with Crippen LogP contribution in [0.3, 0.4) is 0 Å². The topological polar surface area (TPSA) is 49.9 Å². The fourth-order valence-electron chi connectivity index (χ4n) is 3.55. The van der Waals surface area contributed by atoms with E-state index in [1.54, 1.807) is 25.1 Å². The highest BCUT2D eigenvalue weighted by Crippen LogP contribution is 2.33. The van der Waals surface area contributed by atoms with Gasteiger partial charge in [-0.2, -0.15) is 0 Å². The van der Waals surface area contributed by atoms with Crippen LogP contribution in [-0.4, -0.2) is 47.9 Å². The van der Waals surface area contributed by atoms with Gasteiger partial charge in [0.1, 0.15) is 0 Å². The van der Waals surface area contributed by atoms with Crippen LogP contribution in [-0.2, 0) is 14.3 Å². The number of nitrogens with zero attached hydrogens (tertiary/aromatic N) is 2. The maximum absolute atomic E-state index is 12.8. The zero-order valence-corrected chi connectivity index (χ0v) is 14.3. The van der Waals surface area contributed by atoms with Crippen molar-refractivity contribution < 1.29 is 14.3 Å². The van der Waals surface area contributed by atoms with Crippen LogP contribution in [0.4, 0.5) is 0 Å². The van der Waals surface area contributed by atoms with E-state index in [9.17, 15) is 9.59 Å². The Balaban J connectivity index is 1.75. The summed E-state index contributed by atoms with van der Waals surface area (Å²) in [6.07, 6.45) is 6.04. The van der Waals surface area contributed by atoms with Crippen molar-refractivity contribution in [3.05, 3.63) is 41.6 Å². The van der Waals surface area contributed by atoms with Gasteiger partial charge in [-0.15, -0.1) is 0 Å². The Morgan fingerprint density at radius 3 is 2.58 bits per heavy atom. The van der Waals surface area contributed by atoms with Crippen molar-refractivity contribution in [3.63, 3.8) is 0 Å². The van der Waals surface area contributed by atoms with Gasteiger partial charge in [0.2, 0.25) is 11.8 Å². The van der Waals surface area contributed by atoms with E-state index in [1.165, 1.54) is 0 Å². The maximum atomic E-state index is 12.8. The molecule has 5 nitrogen and oxygen atoms in total. The minimum Gasteiger partial charge on any atom is -0.381 e. The second-order valence-electron chi connectivity index (χ2n) is 6.41. The maximum Gasteiger partial charge on any atom is 0.225 e. The van der Waals surface area contributed by atoms with Crippen molar-refractivity contribution in [2.75, 3.05) is 20.2 Å². The summed E-state index contributed by atoms with van der Waals surface area (Å²) in [4.78, 5) is 28.3. The number of hydrogen-bond donors (Lipinski definition) is 0.